The zero-order valence-corrected chi connectivity index (χ0v) is 12.6. The zero-order chi connectivity index (χ0) is 16.9. The average molecular weight is 324 g/mol. The van der Waals surface area contributed by atoms with E-state index in [1.54, 1.807) is 30.6 Å². The lowest BCUT2D eigenvalue weighted by Gasteiger charge is -2.09. The molecule has 0 radical (unpaired) electrons. The van der Waals surface area contributed by atoms with Crippen molar-refractivity contribution in [1.29, 1.82) is 0 Å². The summed E-state index contributed by atoms with van der Waals surface area (Å²) >= 11 is 0. The second-order valence-corrected chi connectivity index (χ2v) is 4.77. The smallest absolute Gasteiger partial charge is 0.373 e. The Hall–Kier alpha value is -3.62. The maximum Gasteiger partial charge on any atom is 0.373 e. The van der Waals surface area contributed by atoms with Gasteiger partial charge in [-0.3, -0.25) is 15.1 Å². The molecule has 0 spiro atoms. The molecule has 120 valence electrons. The molecule has 0 atom stereocenters. The molecular weight excluding hydrogens is 312 g/mol. The third kappa shape index (κ3) is 3.40. The second-order valence-electron chi connectivity index (χ2n) is 4.77. The van der Waals surface area contributed by atoms with Crippen molar-refractivity contribution < 1.29 is 9.66 Å². The van der Waals surface area contributed by atoms with Crippen molar-refractivity contribution in [2.24, 2.45) is 0 Å². The molecule has 3 heterocycles. The number of nitrogens with zero attached hydrogens (tertiary/aromatic N) is 5. The Morgan fingerprint density at radius 1 is 1.21 bits per heavy atom. The first kappa shape index (κ1) is 15.3. The number of anilines is 2. The van der Waals surface area contributed by atoms with Gasteiger partial charge in [-0.2, -0.15) is 4.98 Å². The first-order chi connectivity index (χ1) is 11.6. The highest BCUT2D eigenvalue weighted by atomic mass is 16.6. The molecule has 0 unspecified atom stereocenters. The van der Waals surface area contributed by atoms with Gasteiger partial charge in [0.05, 0.1) is 11.1 Å². The molecule has 0 saturated carbocycles. The number of nitro groups is 1. The Labute approximate surface area is 136 Å². The first-order valence-corrected chi connectivity index (χ1v) is 6.90. The minimum atomic E-state index is -0.607. The van der Waals surface area contributed by atoms with Crippen LogP contribution in [0.1, 0.15) is 5.56 Å². The summed E-state index contributed by atoms with van der Waals surface area (Å²) in [6.45, 7) is 1.89. The maximum atomic E-state index is 11.5. The molecule has 0 amide bonds. The molecule has 0 saturated heterocycles. The van der Waals surface area contributed by atoms with Crippen molar-refractivity contribution in [1.82, 2.24) is 19.9 Å². The molecule has 0 aliphatic heterocycles. The highest BCUT2D eigenvalue weighted by Crippen LogP contribution is 2.34. The van der Waals surface area contributed by atoms with E-state index < -0.39 is 4.92 Å². The summed E-state index contributed by atoms with van der Waals surface area (Å²) in [7, 11) is 0. The van der Waals surface area contributed by atoms with Crippen molar-refractivity contribution in [2.45, 2.75) is 6.92 Å². The van der Waals surface area contributed by atoms with Crippen molar-refractivity contribution in [3.05, 3.63) is 64.9 Å². The molecule has 0 aliphatic rings. The van der Waals surface area contributed by atoms with Gasteiger partial charge in [0.25, 0.3) is 0 Å². The minimum absolute atomic E-state index is 0.00742. The lowest BCUT2D eigenvalue weighted by molar-refractivity contribution is -0.385. The van der Waals surface area contributed by atoms with Crippen LogP contribution in [0.25, 0.3) is 0 Å². The Balaban J connectivity index is 1.97. The van der Waals surface area contributed by atoms with E-state index in [0.717, 1.165) is 5.56 Å². The fourth-order valence-corrected chi connectivity index (χ4v) is 1.94. The molecule has 1 N–H and O–H groups in total. The van der Waals surface area contributed by atoms with E-state index in [9.17, 15) is 10.1 Å². The normalized spacial score (nSPS) is 10.2. The van der Waals surface area contributed by atoms with Gasteiger partial charge >= 0.3 is 11.6 Å². The van der Waals surface area contributed by atoms with Crippen LogP contribution < -0.4 is 10.1 Å². The van der Waals surface area contributed by atoms with E-state index in [1.807, 2.05) is 13.0 Å². The van der Waals surface area contributed by atoms with Crippen molar-refractivity contribution in [2.75, 3.05) is 5.32 Å². The molecular formula is C15H12N6O3. The summed E-state index contributed by atoms with van der Waals surface area (Å²) < 4.78 is 5.46. The summed E-state index contributed by atoms with van der Waals surface area (Å²) in [5.74, 6) is 0.577. The van der Waals surface area contributed by atoms with Crippen molar-refractivity contribution in [3.8, 4) is 11.6 Å². The predicted octanol–water partition coefficient (Wildman–Crippen LogP) is 3.02. The van der Waals surface area contributed by atoms with Crippen molar-refractivity contribution >= 4 is 17.3 Å². The number of hydrogen-bond donors (Lipinski definition) is 1. The van der Waals surface area contributed by atoms with E-state index in [4.69, 9.17) is 4.74 Å². The van der Waals surface area contributed by atoms with Crippen LogP contribution in [0.5, 0.6) is 11.6 Å². The summed E-state index contributed by atoms with van der Waals surface area (Å²) in [6.07, 6.45) is 5.77. The maximum absolute atomic E-state index is 11.5. The number of aromatic nitrogens is 4. The van der Waals surface area contributed by atoms with E-state index in [-0.39, 0.29) is 17.4 Å². The largest absolute Gasteiger partial charge is 0.432 e. The highest BCUT2D eigenvalue weighted by molar-refractivity contribution is 5.67. The van der Waals surface area contributed by atoms with Gasteiger partial charge < -0.3 is 10.1 Å². The molecule has 3 aromatic heterocycles. The van der Waals surface area contributed by atoms with Crippen molar-refractivity contribution in [3.63, 3.8) is 0 Å². The van der Waals surface area contributed by atoms with Gasteiger partial charge in [-0.05, 0) is 36.8 Å². The lowest BCUT2D eigenvalue weighted by atomic mass is 10.3. The van der Waals surface area contributed by atoms with E-state index in [0.29, 0.717) is 11.6 Å². The van der Waals surface area contributed by atoms with Crippen LogP contribution in [-0.4, -0.2) is 24.9 Å². The van der Waals surface area contributed by atoms with Gasteiger partial charge in [0.15, 0.2) is 0 Å². The van der Waals surface area contributed by atoms with Gasteiger partial charge in [0.2, 0.25) is 5.82 Å². The van der Waals surface area contributed by atoms with Gasteiger partial charge in [0, 0.05) is 12.4 Å². The molecule has 3 aromatic rings. The Bertz CT molecular complexity index is 872. The molecule has 3 rings (SSSR count). The number of aryl methyl sites for hydroxylation is 1. The second kappa shape index (κ2) is 6.65. The first-order valence-electron chi connectivity index (χ1n) is 6.90. The van der Waals surface area contributed by atoms with Gasteiger partial charge in [0.1, 0.15) is 17.9 Å². The summed E-state index contributed by atoms with van der Waals surface area (Å²) in [5.41, 5.74) is 0.570. The molecule has 9 nitrogen and oxygen atoms in total. The Morgan fingerprint density at radius 2 is 2.08 bits per heavy atom. The summed E-state index contributed by atoms with van der Waals surface area (Å²) in [5, 5.41) is 14.3. The number of nitrogens with one attached hydrogen (secondary N) is 1. The van der Waals surface area contributed by atoms with Gasteiger partial charge in [-0.25, -0.2) is 9.97 Å². The molecule has 0 fully saturated rings. The number of hydrogen-bond acceptors (Lipinski definition) is 8. The SMILES string of the molecule is Cc1ccnc(Nc2ncnc(Oc3cccnc3)c2[N+](=O)[O-])c1. The number of rotatable bonds is 5. The third-order valence-electron chi connectivity index (χ3n) is 2.98. The van der Waals surface area contributed by atoms with Crippen LogP contribution in [0.2, 0.25) is 0 Å². The summed E-state index contributed by atoms with van der Waals surface area (Å²) in [4.78, 5) is 26.6. The summed E-state index contributed by atoms with van der Waals surface area (Å²) in [6, 6.07) is 6.83. The van der Waals surface area contributed by atoms with Gasteiger partial charge in [-0.15, -0.1) is 0 Å². The molecule has 9 heteroatoms. The van der Waals surface area contributed by atoms with Crippen LogP contribution in [0.4, 0.5) is 17.3 Å². The fourth-order valence-electron chi connectivity index (χ4n) is 1.94. The standard InChI is InChI=1S/C15H12N6O3/c1-10-4-6-17-12(7-10)20-14-13(21(22)23)15(19-9-18-14)24-11-3-2-5-16-8-11/h2-9H,1H3,(H,17,18,19,20). The molecule has 24 heavy (non-hydrogen) atoms. The van der Waals surface area contributed by atoms with Crippen LogP contribution in [0, 0.1) is 17.0 Å². The number of ether oxygens (including phenoxy) is 1. The number of pyridine rings is 2. The van der Waals surface area contributed by atoms with E-state index in [1.165, 1.54) is 12.5 Å². The van der Waals surface area contributed by atoms with Crippen LogP contribution in [-0.2, 0) is 0 Å². The van der Waals surface area contributed by atoms with E-state index >= 15 is 0 Å². The van der Waals surface area contributed by atoms with Crippen LogP contribution in [0.3, 0.4) is 0 Å². The Kier molecular flexibility index (Phi) is 4.23. The quantitative estimate of drug-likeness (QED) is 0.562. The van der Waals surface area contributed by atoms with Crippen LogP contribution in [0.15, 0.2) is 49.2 Å². The highest BCUT2D eigenvalue weighted by Gasteiger charge is 2.25. The van der Waals surface area contributed by atoms with Gasteiger partial charge in [-0.1, -0.05) is 0 Å². The molecule has 0 bridgehead atoms. The Morgan fingerprint density at radius 3 is 2.79 bits per heavy atom. The van der Waals surface area contributed by atoms with Crippen LogP contribution >= 0.6 is 0 Å². The zero-order valence-electron chi connectivity index (χ0n) is 12.6. The molecule has 0 aromatic carbocycles. The lowest BCUT2D eigenvalue weighted by Crippen LogP contribution is -2.04. The monoisotopic (exact) mass is 324 g/mol. The fraction of sp³-hybridized carbons (Fsp3) is 0.0667. The third-order valence-corrected chi connectivity index (χ3v) is 2.98. The average Bonchev–Trinajstić information content (AvgIpc) is 2.56. The topological polar surface area (TPSA) is 116 Å². The minimum Gasteiger partial charge on any atom is -0.432 e. The predicted molar refractivity (Wildman–Crippen MR) is 85.3 cm³/mol. The van der Waals surface area contributed by atoms with E-state index in [2.05, 4.69) is 25.3 Å². The molecule has 0 aliphatic carbocycles.